The lowest BCUT2D eigenvalue weighted by Gasteiger charge is -2.10. The zero-order valence-corrected chi connectivity index (χ0v) is 23.5. The lowest BCUT2D eigenvalue weighted by Crippen LogP contribution is -1.94. The summed E-state index contributed by atoms with van der Waals surface area (Å²) in [5.41, 5.74) is 13.6. The molecule has 8 aromatic rings. The average Bonchev–Trinajstić information content (AvgIpc) is 3.49. The van der Waals surface area contributed by atoms with Gasteiger partial charge in [-0.25, -0.2) is 0 Å². The number of benzene rings is 6. The van der Waals surface area contributed by atoms with Crippen LogP contribution in [0.1, 0.15) is 16.7 Å². The maximum absolute atomic E-state index is 2.40. The molecule has 8 rings (SSSR count). The van der Waals surface area contributed by atoms with Gasteiger partial charge in [0, 0.05) is 32.9 Å². The van der Waals surface area contributed by atoms with Crippen LogP contribution in [0.3, 0.4) is 0 Å². The normalized spacial score (nSPS) is 11.8. The van der Waals surface area contributed by atoms with Crippen molar-refractivity contribution in [2.24, 2.45) is 0 Å². The van der Waals surface area contributed by atoms with Crippen molar-refractivity contribution < 1.29 is 0 Å². The Balaban J connectivity index is 1.36. The Morgan fingerprint density at radius 1 is 0.341 bits per heavy atom. The van der Waals surface area contributed by atoms with E-state index in [0.29, 0.717) is 0 Å². The van der Waals surface area contributed by atoms with Crippen molar-refractivity contribution in [1.29, 1.82) is 0 Å². The lowest BCUT2D eigenvalue weighted by molar-refractivity contribution is 1.17. The minimum absolute atomic E-state index is 1.20. The number of para-hydroxylation sites is 1. The highest BCUT2D eigenvalue weighted by Crippen LogP contribution is 2.38. The van der Waals surface area contributed by atoms with Crippen LogP contribution in [0, 0.1) is 20.8 Å². The third-order valence-electron chi connectivity index (χ3n) is 8.45. The van der Waals surface area contributed by atoms with E-state index in [-0.39, 0.29) is 0 Å². The Labute approximate surface area is 239 Å². The first-order valence-electron chi connectivity index (χ1n) is 14.3. The van der Waals surface area contributed by atoms with Crippen molar-refractivity contribution in [2.75, 3.05) is 0 Å². The summed E-state index contributed by atoms with van der Waals surface area (Å²) in [5, 5.41) is 5.13. The van der Waals surface area contributed by atoms with Gasteiger partial charge >= 0.3 is 0 Å². The van der Waals surface area contributed by atoms with E-state index in [9.17, 15) is 0 Å². The van der Waals surface area contributed by atoms with E-state index < -0.39 is 0 Å². The second kappa shape index (κ2) is 8.97. The van der Waals surface area contributed by atoms with Crippen molar-refractivity contribution >= 4 is 43.6 Å². The molecule has 2 heteroatoms. The van der Waals surface area contributed by atoms with Crippen LogP contribution in [0.4, 0.5) is 0 Å². The van der Waals surface area contributed by atoms with Crippen LogP contribution in [0.15, 0.2) is 127 Å². The third kappa shape index (κ3) is 3.72. The Morgan fingerprint density at radius 2 is 0.805 bits per heavy atom. The predicted octanol–water partition coefficient (Wildman–Crippen LogP) is 10.5. The molecule has 0 amide bonds. The van der Waals surface area contributed by atoms with Gasteiger partial charge in [-0.15, -0.1) is 0 Å². The number of hydrogen-bond donors (Lipinski definition) is 0. The van der Waals surface area contributed by atoms with E-state index in [2.05, 4.69) is 157 Å². The zero-order valence-electron chi connectivity index (χ0n) is 23.5. The minimum Gasteiger partial charge on any atom is -0.309 e. The van der Waals surface area contributed by atoms with Crippen molar-refractivity contribution in [3.63, 3.8) is 0 Å². The van der Waals surface area contributed by atoms with Gasteiger partial charge in [0.15, 0.2) is 0 Å². The van der Waals surface area contributed by atoms with Gasteiger partial charge in [-0.1, -0.05) is 66.2 Å². The molecular weight excluding hydrogens is 496 g/mol. The molecule has 0 radical (unpaired) electrons. The Morgan fingerprint density at radius 3 is 1.39 bits per heavy atom. The smallest absolute Gasteiger partial charge is 0.0541 e. The molecule has 0 spiro atoms. The van der Waals surface area contributed by atoms with Crippen molar-refractivity contribution in [3.05, 3.63) is 144 Å². The second-order valence-electron chi connectivity index (χ2n) is 11.4. The fourth-order valence-corrected chi connectivity index (χ4v) is 6.56. The highest BCUT2D eigenvalue weighted by Gasteiger charge is 2.16. The molecular formula is C39H30N2. The first kappa shape index (κ1) is 23.8. The van der Waals surface area contributed by atoms with E-state index in [0.717, 1.165) is 0 Å². The number of rotatable bonds is 3. The molecule has 0 aliphatic carbocycles. The molecule has 2 heterocycles. The zero-order chi connectivity index (χ0) is 27.7. The highest BCUT2D eigenvalue weighted by atomic mass is 15.0. The quantitative estimate of drug-likeness (QED) is 0.217. The van der Waals surface area contributed by atoms with E-state index >= 15 is 0 Å². The largest absolute Gasteiger partial charge is 0.309 e. The monoisotopic (exact) mass is 526 g/mol. The van der Waals surface area contributed by atoms with Gasteiger partial charge in [-0.2, -0.15) is 0 Å². The lowest BCUT2D eigenvalue weighted by atomic mass is 10.0. The van der Waals surface area contributed by atoms with Crippen LogP contribution in [-0.4, -0.2) is 9.13 Å². The first-order chi connectivity index (χ1) is 20.0. The van der Waals surface area contributed by atoms with Crippen LogP contribution in [0.2, 0.25) is 0 Å². The van der Waals surface area contributed by atoms with Crippen molar-refractivity contribution in [3.8, 4) is 22.5 Å². The van der Waals surface area contributed by atoms with Crippen LogP contribution < -0.4 is 0 Å². The number of nitrogens with zero attached hydrogens (tertiary/aromatic N) is 2. The molecule has 2 aromatic heterocycles. The van der Waals surface area contributed by atoms with Gasteiger partial charge in [-0.05, 0) is 110 Å². The molecule has 0 bridgehead atoms. The molecule has 6 aromatic carbocycles. The maximum Gasteiger partial charge on any atom is 0.0541 e. The average molecular weight is 527 g/mol. The van der Waals surface area contributed by atoms with Gasteiger partial charge in [0.1, 0.15) is 0 Å². The number of aryl methyl sites for hydroxylation is 3. The van der Waals surface area contributed by atoms with Crippen LogP contribution in [0.25, 0.3) is 66.1 Å². The Bertz CT molecular complexity index is 2290. The third-order valence-corrected chi connectivity index (χ3v) is 8.45. The molecule has 0 fully saturated rings. The highest BCUT2D eigenvalue weighted by molar-refractivity contribution is 6.12. The number of aromatic nitrogens is 2. The molecule has 0 atom stereocenters. The topological polar surface area (TPSA) is 9.86 Å². The molecule has 0 saturated heterocycles. The van der Waals surface area contributed by atoms with Gasteiger partial charge in [0.05, 0.1) is 22.1 Å². The molecule has 196 valence electrons. The molecule has 41 heavy (non-hydrogen) atoms. The van der Waals surface area contributed by atoms with Gasteiger partial charge in [0.25, 0.3) is 0 Å². The summed E-state index contributed by atoms with van der Waals surface area (Å²) in [6, 6.07) is 47.0. The van der Waals surface area contributed by atoms with E-state index in [1.54, 1.807) is 0 Å². The summed E-state index contributed by atoms with van der Waals surface area (Å²) >= 11 is 0. The van der Waals surface area contributed by atoms with E-state index in [1.807, 2.05) is 0 Å². The maximum atomic E-state index is 2.40. The molecule has 0 unspecified atom stereocenters. The SMILES string of the molecule is Cc1cccc(-n2c3ccccc3c3cc(-c4ccc5c(c4)c4cc(C)ccc4n5-c4cccc(C)c4)ccc32)c1. The molecule has 0 aliphatic rings. The summed E-state index contributed by atoms with van der Waals surface area (Å²) in [6.07, 6.45) is 0. The van der Waals surface area contributed by atoms with E-state index in [4.69, 9.17) is 0 Å². The molecule has 0 saturated carbocycles. The molecule has 0 N–H and O–H groups in total. The number of hydrogen-bond acceptors (Lipinski definition) is 0. The molecule has 0 aliphatic heterocycles. The molecule has 2 nitrogen and oxygen atoms in total. The van der Waals surface area contributed by atoms with Gasteiger partial charge < -0.3 is 9.13 Å². The summed E-state index contributed by atoms with van der Waals surface area (Å²) in [6.45, 7) is 6.49. The first-order valence-corrected chi connectivity index (χ1v) is 14.3. The van der Waals surface area contributed by atoms with Crippen LogP contribution in [0.5, 0.6) is 0 Å². The number of fused-ring (bicyclic) bond motifs is 6. The standard InChI is InChI=1S/C39H30N2/c1-25-8-6-10-30(20-25)40-36-13-5-4-12-32(36)34-23-28(15-18-38(34)40)29-16-19-39-35(24-29)33-22-27(3)14-17-37(33)41(39)31-11-7-9-26(2)21-31/h4-24H,1-3H3. The summed E-state index contributed by atoms with van der Waals surface area (Å²) < 4.78 is 4.79. The van der Waals surface area contributed by atoms with Gasteiger partial charge in [-0.3, -0.25) is 0 Å². The van der Waals surface area contributed by atoms with Crippen molar-refractivity contribution in [2.45, 2.75) is 20.8 Å². The summed E-state index contributed by atoms with van der Waals surface area (Å²) in [4.78, 5) is 0. The Hall–Kier alpha value is -5.08. The Kier molecular flexibility index (Phi) is 5.20. The van der Waals surface area contributed by atoms with E-state index in [1.165, 1.54) is 82.8 Å². The fourth-order valence-electron chi connectivity index (χ4n) is 6.56. The van der Waals surface area contributed by atoms with Gasteiger partial charge in [0.2, 0.25) is 0 Å². The minimum atomic E-state index is 1.20. The summed E-state index contributed by atoms with van der Waals surface area (Å²) in [5.74, 6) is 0. The summed E-state index contributed by atoms with van der Waals surface area (Å²) in [7, 11) is 0. The second-order valence-corrected chi connectivity index (χ2v) is 11.4. The fraction of sp³-hybridized carbons (Fsp3) is 0.0769. The van der Waals surface area contributed by atoms with Crippen molar-refractivity contribution in [1.82, 2.24) is 9.13 Å². The van der Waals surface area contributed by atoms with Crippen LogP contribution >= 0.6 is 0 Å². The predicted molar refractivity (Wildman–Crippen MR) is 175 cm³/mol. The van der Waals surface area contributed by atoms with Crippen LogP contribution in [-0.2, 0) is 0 Å².